The van der Waals surface area contributed by atoms with Crippen molar-refractivity contribution in [2.24, 2.45) is 0 Å². The number of aromatic nitrogens is 1. The maximum atomic E-state index is 12.7. The maximum Gasteiger partial charge on any atom is 0.418 e. The van der Waals surface area contributed by atoms with Gasteiger partial charge in [-0.3, -0.25) is 0 Å². The second kappa shape index (κ2) is 5.70. The van der Waals surface area contributed by atoms with E-state index in [4.69, 9.17) is 5.73 Å². The van der Waals surface area contributed by atoms with Gasteiger partial charge in [-0.2, -0.15) is 13.2 Å². The molecule has 0 amide bonds. The van der Waals surface area contributed by atoms with E-state index < -0.39 is 11.7 Å². The predicted molar refractivity (Wildman–Crippen MR) is 74.7 cm³/mol. The summed E-state index contributed by atoms with van der Waals surface area (Å²) in [5.74, 6) is 0. The van der Waals surface area contributed by atoms with Crippen LogP contribution in [-0.4, -0.2) is 4.98 Å². The van der Waals surface area contributed by atoms with E-state index in [1.807, 2.05) is 6.92 Å². The number of anilines is 2. The molecule has 1 aromatic heterocycles. The van der Waals surface area contributed by atoms with Crippen LogP contribution < -0.4 is 11.1 Å². The highest BCUT2D eigenvalue weighted by atomic mass is 32.1. The zero-order valence-corrected chi connectivity index (χ0v) is 11.6. The number of halogens is 3. The molecule has 2 rings (SSSR count). The monoisotopic (exact) mass is 301 g/mol. The van der Waals surface area contributed by atoms with Gasteiger partial charge in [-0.05, 0) is 24.6 Å². The van der Waals surface area contributed by atoms with Crippen molar-refractivity contribution >= 4 is 22.7 Å². The molecule has 3 nitrogen and oxygen atoms in total. The van der Waals surface area contributed by atoms with Crippen LogP contribution in [0.1, 0.15) is 22.4 Å². The van der Waals surface area contributed by atoms with E-state index >= 15 is 0 Å². The highest BCUT2D eigenvalue weighted by Gasteiger charge is 2.33. The molecule has 0 aliphatic heterocycles. The van der Waals surface area contributed by atoms with Crippen molar-refractivity contribution in [2.45, 2.75) is 26.1 Å². The van der Waals surface area contributed by atoms with Crippen molar-refractivity contribution in [1.29, 1.82) is 0 Å². The average molecular weight is 301 g/mol. The maximum absolute atomic E-state index is 12.7. The third kappa shape index (κ3) is 3.41. The Balaban J connectivity index is 2.10. The summed E-state index contributed by atoms with van der Waals surface area (Å²) < 4.78 is 38.2. The minimum Gasteiger partial charge on any atom is -0.398 e. The van der Waals surface area contributed by atoms with E-state index in [0.717, 1.165) is 22.4 Å². The van der Waals surface area contributed by atoms with Gasteiger partial charge in [0, 0.05) is 22.4 Å². The number of thiazole rings is 1. The lowest BCUT2D eigenvalue weighted by Gasteiger charge is -2.12. The van der Waals surface area contributed by atoms with Crippen molar-refractivity contribution < 1.29 is 13.2 Å². The summed E-state index contributed by atoms with van der Waals surface area (Å²) in [6, 6.07) is 3.80. The van der Waals surface area contributed by atoms with Gasteiger partial charge in [-0.1, -0.05) is 6.92 Å². The molecule has 108 valence electrons. The van der Waals surface area contributed by atoms with Crippen molar-refractivity contribution in [3.05, 3.63) is 39.8 Å². The van der Waals surface area contributed by atoms with Crippen LogP contribution >= 0.6 is 11.3 Å². The Kier molecular flexibility index (Phi) is 4.17. The van der Waals surface area contributed by atoms with Crippen molar-refractivity contribution in [1.82, 2.24) is 4.98 Å². The van der Waals surface area contributed by atoms with Gasteiger partial charge in [0.1, 0.15) is 5.01 Å². The molecule has 1 aromatic carbocycles. The highest BCUT2D eigenvalue weighted by molar-refractivity contribution is 7.11. The van der Waals surface area contributed by atoms with Crippen molar-refractivity contribution in [3.8, 4) is 0 Å². The van der Waals surface area contributed by atoms with Crippen LogP contribution in [-0.2, 0) is 19.1 Å². The molecule has 0 aliphatic carbocycles. The lowest BCUT2D eigenvalue weighted by Crippen LogP contribution is -2.10. The number of nitrogen functional groups attached to an aromatic ring is 1. The molecular formula is C13H14F3N3S. The van der Waals surface area contributed by atoms with Gasteiger partial charge >= 0.3 is 6.18 Å². The molecule has 0 fully saturated rings. The number of hydrogen-bond acceptors (Lipinski definition) is 4. The molecule has 0 atom stereocenters. The number of rotatable bonds is 4. The quantitative estimate of drug-likeness (QED) is 0.842. The van der Waals surface area contributed by atoms with E-state index in [1.54, 1.807) is 17.5 Å². The summed E-state index contributed by atoms with van der Waals surface area (Å²) in [5, 5.41) is 3.77. The average Bonchev–Trinajstić information content (AvgIpc) is 2.84. The minimum absolute atomic E-state index is 0.273. The van der Waals surface area contributed by atoms with Crippen LogP contribution in [0.2, 0.25) is 0 Å². The number of nitrogens with two attached hydrogens (primary N) is 1. The van der Waals surface area contributed by atoms with Gasteiger partial charge in [0.25, 0.3) is 0 Å². The molecule has 0 aliphatic rings. The van der Waals surface area contributed by atoms with Gasteiger partial charge in [0.2, 0.25) is 0 Å². The molecule has 0 bridgehead atoms. The SMILES string of the molecule is CCc1cnc(CNc2ccc(N)c(C(F)(F)F)c2)s1. The van der Waals surface area contributed by atoms with E-state index in [2.05, 4.69) is 10.3 Å². The second-order valence-corrected chi connectivity index (χ2v) is 5.43. The molecule has 0 radical (unpaired) electrons. The lowest BCUT2D eigenvalue weighted by molar-refractivity contribution is -0.136. The van der Waals surface area contributed by atoms with Crippen LogP contribution in [0.5, 0.6) is 0 Å². The Morgan fingerprint density at radius 1 is 1.35 bits per heavy atom. The Morgan fingerprint density at radius 2 is 2.10 bits per heavy atom. The van der Waals surface area contributed by atoms with E-state index in [1.165, 1.54) is 12.1 Å². The van der Waals surface area contributed by atoms with Crippen LogP contribution in [0, 0.1) is 0 Å². The lowest BCUT2D eigenvalue weighted by atomic mass is 10.1. The van der Waals surface area contributed by atoms with Crippen LogP contribution in [0.15, 0.2) is 24.4 Å². The predicted octanol–water partition coefficient (Wildman–Crippen LogP) is 3.92. The first-order chi connectivity index (χ1) is 9.40. The number of alkyl halides is 3. The number of nitrogens with zero attached hydrogens (tertiary/aromatic N) is 1. The van der Waals surface area contributed by atoms with Gasteiger partial charge < -0.3 is 11.1 Å². The Bertz CT molecular complexity index is 593. The molecule has 1 heterocycles. The number of hydrogen-bond donors (Lipinski definition) is 2. The molecule has 7 heteroatoms. The fourth-order valence-electron chi connectivity index (χ4n) is 1.68. The van der Waals surface area contributed by atoms with Gasteiger partial charge in [0.05, 0.1) is 12.1 Å². The summed E-state index contributed by atoms with van der Waals surface area (Å²) >= 11 is 1.54. The van der Waals surface area contributed by atoms with E-state index in [-0.39, 0.29) is 5.69 Å². The largest absolute Gasteiger partial charge is 0.418 e. The summed E-state index contributed by atoms with van der Waals surface area (Å²) in [4.78, 5) is 5.35. The highest BCUT2D eigenvalue weighted by Crippen LogP contribution is 2.35. The third-order valence-electron chi connectivity index (χ3n) is 2.75. The molecule has 20 heavy (non-hydrogen) atoms. The normalized spacial score (nSPS) is 11.6. The Morgan fingerprint density at radius 3 is 2.70 bits per heavy atom. The number of nitrogens with one attached hydrogen (secondary N) is 1. The molecular weight excluding hydrogens is 287 g/mol. The van der Waals surface area contributed by atoms with Crippen LogP contribution in [0.4, 0.5) is 24.5 Å². The molecule has 0 saturated carbocycles. The minimum atomic E-state index is -4.45. The molecule has 3 N–H and O–H groups in total. The summed E-state index contributed by atoms with van der Waals surface area (Å²) in [7, 11) is 0. The Hall–Kier alpha value is -1.76. The smallest absolute Gasteiger partial charge is 0.398 e. The number of benzene rings is 1. The van der Waals surface area contributed by atoms with E-state index in [9.17, 15) is 13.2 Å². The summed E-state index contributed by atoms with van der Waals surface area (Å²) in [6.07, 6.45) is -1.76. The zero-order chi connectivity index (χ0) is 14.8. The zero-order valence-electron chi connectivity index (χ0n) is 10.8. The van der Waals surface area contributed by atoms with Gasteiger partial charge in [-0.25, -0.2) is 4.98 Å². The van der Waals surface area contributed by atoms with Crippen LogP contribution in [0.25, 0.3) is 0 Å². The standard InChI is InChI=1S/C13H14F3N3S/c1-2-9-6-19-12(20-9)7-18-8-3-4-11(17)10(5-8)13(14,15)16/h3-6,18H,2,7,17H2,1H3. The third-order valence-corrected chi connectivity index (χ3v) is 3.89. The summed E-state index contributed by atoms with van der Waals surface area (Å²) in [6.45, 7) is 2.42. The first kappa shape index (κ1) is 14.6. The van der Waals surface area contributed by atoms with Crippen molar-refractivity contribution in [3.63, 3.8) is 0 Å². The number of aryl methyl sites for hydroxylation is 1. The molecule has 2 aromatic rings. The fourth-order valence-corrected chi connectivity index (χ4v) is 2.48. The van der Waals surface area contributed by atoms with Gasteiger partial charge in [0.15, 0.2) is 0 Å². The molecule has 0 saturated heterocycles. The first-order valence-electron chi connectivity index (χ1n) is 6.04. The topological polar surface area (TPSA) is 50.9 Å². The van der Waals surface area contributed by atoms with Crippen molar-refractivity contribution in [2.75, 3.05) is 11.1 Å². The Labute approximate surface area is 118 Å². The van der Waals surface area contributed by atoms with E-state index in [0.29, 0.717) is 12.2 Å². The second-order valence-electron chi connectivity index (χ2n) is 4.23. The van der Waals surface area contributed by atoms with Crippen LogP contribution in [0.3, 0.4) is 0 Å². The first-order valence-corrected chi connectivity index (χ1v) is 6.86. The molecule has 0 unspecified atom stereocenters. The summed E-state index contributed by atoms with van der Waals surface area (Å²) in [5.41, 5.74) is 4.63. The van der Waals surface area contributed by atoms with Gasteiger partial charge in [-0.15, -0.1) is 11.3 Å². The molecule has 0 spiro atoms. The fraction of sp³-hybridized carbons (Fsp3) is 0.308.